The van der Waals surface area contributed by atoms with Gasteiger partial charge in [-0.2, -0.15) is 5.10 Å². The fourth-order valence-electron chi connectivity index (χ4n) is 4.38. The van der Waals surface area contributed by atoms with E-state index in [9.17, 15) is 9.59 Å². The molecule has 6 heteroatoms. The molecule has 0 unspecified atom stereocenters. The number of pyridine rings is 1. The van der Waals surface area contributed by atoms with Crippen LogP contribution in [0, 0.1) is 6.92 Å². The van der Waals surface area contributed by atoms with Crippen LogP contribution in [-0.4, -0.2) is 39.4 Å². The molecule has 136 valence electrons. The van der Waals surface area contributed by atoms with Crippen LogP contribution in [0.5, 0.6) is 0 Å². The summed E-state index contributed by atoms with van der Waals surface area (Å²) in [6.07, 6.45) is 4.83. The first-order valence-corrected chi connectivity index (χ1v) is 9.23. The number of hydrogen-bond acceptors (Lipinski definition) is 3. The van der Waals surface area contributed by atoms with Crippen molar-refractivity contribution in [1.29, 1.82) is 0 Å². The Morgan fingerprint density at radius 2 is 1.93 bits per heavy atom. The molecule has 0 atom stereocenters. The molecule has 2 amide bonds. The van der Waals surface area contributed by atoms with Crippen molar-refractivity contribution in [1.82, 2.24) is 14.5 Å². The van der Waals surface area contributed by atoms with Crippen LogP contribution in [0.3, 0.4) is 0 Å². The summed E-state index contributed by atoms with van der Waals surface area (Å²) in [4.78, 5) is 27.6. The Morgan fingerprint density at radius 3 is 2.74 bits per heavy atom. The van der Waals surface area contributed by atoms with Crippen LogP contribution in [0.1, 0.15) is 34.3 Å². The molecule has 1 saturated heterocycles. The molecule has 0 aliphatic carbocycles. The van der Waals surface area contributed by atoms with E-state index in [0.717, 1.165) is 22.3 Å². The van der Waals surface area contributed by atoms with E-state index in [1.165, 1.54) is 0 Å². The van der Waals surface area contributed by atoms with Crippen molar-refractivity contribution in [2.75, 3.05) is 18.4 Å². The first-order valence-electron chi connectivity index (χ1n) is 9.23. The lowest BCUT2D eigenvalue weighted by Crippen LogP contribution is -2.48. The van der Waals surface area contributed by atoms with Crippen molar-refractivity contribution in [3.63, 3.8) is 0 Å². The minimum atomic E-state index is -0.508. The molecule has 27 heavy (non-hydrogen) atoms. The third-order valence-corrected chi connectivity index (χ3v) is 5.92. The molecule has 0 saturated carbocycles. The summed E-state index contributed by atoms with van der Waals surface area (Å²) in [5.41, 5.74) is 3.98. The number of benzene rings is 1. The summed E-state index contributed by atoms with van der Waals surface area (Å²) < 4.78 is 1.74. The zero-order valence-electron chi connectivity index (χ0n) is 15.1. The van der Waals surface area contributed by atoms with Crippen LogP contribution >= 0.6 is 0 Å². The number of rotatable bonds is 1. The van der Waals surface area contributed by atoms with E-state index in [0.29, 0.717) is 31.5 Å². The van der Waals surface area contributed by atoms with Crippen LogP contribution < -0.4 is 5.32 Å². The van der Waals surface area contributed by atoms with Gasteiger partial charge in [-0.3, -0.25) is 9.59 Å². The molecule has 6 nitrogen and oxygen atoms in total. The molecule has 4 heterocycles. The highest BCUT2D eigenvalue weighted by Gasteiger charge is 2.48. The van der Waals surface area contributed by atoms with E-state index >= 15 is 0 Å². The van der Waals surface area contributed by atoms with E-state index in [-0.39, 0.29) is 11.8 Å². The quantitative estimate of drug-likeness (QED) is 0.726. The van der Waals surface area contributed by atoms with Crippen molar-refractivity contribution >= 4 is 23.0 Å². The van der Waals surface area contributed by atoms with Crippen molar-refractivity contribution in [3.05, 3.63) is 65.5 Å². The predicted octanol–water partition coefficient (Wildman–Crippen LogP) is 2.77. The Hall–Kier alpha value is -3.15. The van der Waals surface area contributed by atoms with E-state index in [1.54, 1.807) is 10.7 Å². The fraction of sp³-hybridized carbons (Fsp3) is 0.286. The van der Waals surface area contributed by atoms with Crippen molar-refractivity contribution in [2.45, 2.75) is 25.2 Å². The number of aryl methyl sites for hydroxylation is 1. The standard InChI is InChI=1S/C21H20N4O2/c1-14-6-7-18-15(12-22-25(18)13-14)19(26)24-10-8-21(9-11-24)16-4-2-3-5-17(16)23-20(21)27/h2-7,12-13H,8-11H2,1H3,(H,23,27). The van der Waals surface area contributed by atoms with Crippen molar-refractivity contribution < 1.29 is 9.59 Å². The van der Waals surface area contributed by atoms with Gasteiger partial charge >= 0.3 is 0 Å². The number of para-hydroxylation sites is 1. The zero-order valence-corrected chi connectivity index (χ0v) is 15.1. The highest BCUT2D eigenvalue weighted by atomic mass is 16.2. The van der Waals surface area contributed by atoms with Gasteiger partial charge in [-0.05, 0) is 43.0 Å². The Balaban J connectivity index is 1.40. The summed E-state index contributed by atoms with van der Waals surface area (Å²) >= 11 is 0. The summed E-state index contributed by atoms with van der Waals surface area (Å²) in [5.74, 6) is 0.0395. The minimum Gasteiger partial charge on any atom is -0.338 e. The number of anilines is 1. The summed E-state index contributed by atoms with van der Waals surface area (Å²) in [6.45, 7) is 3.12. The summed E-state index contributed by atoms with van der Waals surface area (Å²) in [7, 11) is 0. The molecular formula is C21H20N4O2. The molecule has 2 aliphatic rings. The topological polar surface area (TPSA) is 66.7 Å². The van der Waals surface area contributed by atoms with Crippen molar-refractivity contribution in [3.8, 4) is 0 Å². The maximum atomic E-state index is 13.1. The zero-order chi connectivity index (χ0) is 18.6. The number of nitrogens with zero attached hydrogens (tertiary/aromatic N) is 3. The smallest absolute Gasteiger partial charge is 0.257 e. The van der Waals surface area contributed by atoms with Crippen LogP contribution in [-0.2, 0) is 10.2 Å². The summed E-state index contributed by atoms with van der Waals surface area (Å²) in [6, 6.07) is 11.8. The SMILES string of the molecule is Cc1ccc2c(C(=O)N3CCC4(CC3)C(=O)Nc3ccccc34)cnn2c1. The van der Waals surface area contributed by atoms with E-state index in [2.05, 4.69) is 10.4 Å². The van der Waals surface area contributed by atoms with Gasteiger partial charge < -0.3 is 10.2 Å². The molecule has 2 aliphatic heterocycles. The Bertz CT molecular complexity index is 1080. The van der Waals surface area contributed by atoms with Crippen LogP contribution in [0.2, 0.25) is 0 Å². The maximum absolute atomic E-state index is 13.1. The lowest BCUT2D eigenvalue weighted by atomic mass is 9.73. The second-order valence-electron chi connectivity index (χ2n) is 7.47. The van der Waals surface area contributed by atoms with Gasteiger partial charge in [0, 0.05) is 25.0 Å². The largest absolute Gasteiger partial charge is 0.338 e. The van der Waals surface area contributed by atoms with E-state index < -0.39 is 5.41 Å². The Kier molecular flexibility index (Phi) is 3.37. The number of aromatic nitrogens is 2. The molecule has 1 N–H and O–H groups in total. The Labute approximate surface area is 156 Å². The fourth-order valence-corrected chi connectivity index (χ4v) is 4.38. The number of carbonyl (C=O) groups excluding carboxylic acids is 2. The van der Waals surface area contributed by atoms with Gasteiger partial charge in [-0.25, -0.2) is 4.52 Å². The molecule has 5 rings (SSSR count). The summed E-state index contributed by atoms with van der Waals surface area (Å²) in [5, 5.41) is 7.32. The van der Waals surface area contributed by atoms with Crippen LogP contribution in [0.25, 0.3) is 5.52 Å². The molecule has 2 aromatic heterocycles. The second kappa shape index (κ2) is 5.67. The molecule has 0 bridgehead atoms. The number of nitrogens with one attached hydrogen (secondary N) is 1. The van der Waals surface area contributed by atoms with Crippen molar-refractivity contribution in [2.24, 2.45) is 0 Å². The first kappa shape index (κ1) is 16.1. The average molecular weight is 360 g/mol. The lowest BCUT2D eigenvalue weighted by molar-refractivity contribution is -0.122. The number of amides is 2. The number of hydrogen-bond donors (Lipinski definition) is 1. The van der Waals surface area contributed by atoms with Gasteiger partial charge in [-0.15, -0.1) is 0 Å². The van der Waals surface area contributed by atoms with Gasteiger partial charge in [-0.1, -0.05) is 24.3 Å². The number of fused-ring (bicyclic) bond motifs is 3. The third-order valence-electron chi connectivity index (χ3n) is 5.92. The van der Waals surface area contributed by atoms with Gasteiger partial charge in [0.2, 0.25) is 5.91 Å². The number of carbonyl (C=O) groups is 2. The lowest BCUT2D eigenvalue weighted by Gasteiger charge is -2.37. The highest BCUT2D eigenvalue weighted by molar-refractivity contribution is 6.06. The maximum Gasteiger partial charge on any atom is 0.257 e. The monoisotopic (exact) mass is 360 g/mol. The molecule has 1 aromatic carbocycles. The van der Waals surface area contributed by atoms with Gasteiger partial charge in [0.15, 0.2) is 0 Å². The number of likely N-dealkylation sites (tertiary alicyclic amines) is 1. The normalized spacial score (nSPS) is 18.0. The first-order chi connectivity index (χ1) is 13.1. The van der Waals surface area contributed by atoms with Gasteiger partial charge in [0.25, 0.3) is 5.91 Å². The minimum absolute atomic E-state index is 0.0182. The van der Waals surface area contributed by atoms with E-state index in [1.807, 2.05) is 54.4 Å². The van der Waals surface area contributed by atoms with Crippen LogP contribution in [0.4, 0.5) is 5.69 Å². The third kappa shape index (κ3) is 2.29. The molecule has 3 aromatic rings. The average Bonchev–Trinajstić information content (AvgIpc) is 3.21. The molecule has 1 spiro atoms. The molecular weight excluding hydrogens is 340 g/mol. The van der Waals surface area contributed by atoms with Gasteiger partial charge in [0.05, 0.1) is 22.7 Å². The van der Waals surface area contributed by atoms with Gasteiger partial charge in [0.1, 0.15) is 0 Å². The molecule has 0 radical (unpaired) electrons. The number of piperidine rings is 1. The van der Waals surface area contributed by atoms with E-state index in [4.69, 9.17) is 0 Å². The molecule has 1 fully saturated rings. The highest BCUT2D eigenvalue weighted by Crippen LogP contribution is 2.44. The second-order valence-corrected chi connectivity index (χ2v) is 7.47. The van der Waals surface area contributed by atoms with Crippen LogP contribution in [0.15, 0.2) is 48.8 Å². The Morgan fingerprint density at radius 1 is 1.15 bits per heavy atom. The predicted molar refractivity (Wildman–Crippen MR) is 102 cm³/mol.